The van der Waals surface area contributed by atoms with Crippen molar-refractivity contribution in [3.05, 3.63) is 90.0 Å². The van der Waals surface area contributed by atoms with E-state index in [0.29, 0.717) is 18.5 Å². The summed E-state index contributed by atoms with van der Waals surface area (Å²) in [5.41, 5.74) is 3.78. The quantitative estimate of drug-likeness (QED) is 0.581. The summed E-state index contributed by atoms with van der Waals surface area (Å²) < 4.78 is 5.88. The topological polar surface area (TPSA) is 49.9 Å². The second kappa shape index (κ2) is 8.26. The third kappa shape index (κ3) is 4.17. The van der Waals surface area contributed by atoms with Gasteiger partial charge in [0, 0.05) is 38.3 Å². The van der Waals surface area contributed by atoms with Crippen molar-refractivity contribution in [3.63, 3.8) is 0 Å². The first-order valence-corrected chi connectivity index (χ1v) is 10.4. The number of benzene rings is 3. The number of carbonyl (C=O) groups excluding carboxylic acids is 2. The van der Waals surface area contributed by atoms with Crippen LogP contribution in [0, 0.1) is 0 Å². The maximum Gasteiger partial charge on any atom is 0.415 e. The minimum absolute atomic E-state index is 0.0298. The summed E-state index contributed by atoms with van der Waals surface area (Å²) in [5, 5.41) is 0. The van der Waals surface area contributed by atoms with E-state index in [4.69, 9.17) is 4.74 Å². The Morgan fingerprint density at radius 2 is 1.65 bits per heavy atom. The molecule has 0 bridgehead atoms. The number of cyclic esters (lactones) is 1. The molecule has 0 aromatic heterocycles. The first-order chi connectivity index (χ1) is 14.9. The number of anilines is 1. The van der Waals surface area contributed by atoms with Crippen molar-refractivity contribution in [2.75, 3.05) is 25.5 Å². The minimum Gasteiger partial charge on any atom is -0.438 e. The summed E-state index contributed by atoms with van der Waals surface area (Å²) >= 11 is 0. The van der Waals surface area contributed by atoms with Crippen LogP contribution >= 0.6 is 0 Å². The summed E-state index contributed by atoms with van der Waals surface area (Å²) in [6.07, 6.45) is 0.357. The van der Waals surface area contributed by atoms with Crippen LogP contribution in [0.4, 0.5) is 10.5 Å². The molecule has 1 aliphatic rings. The van der Waals surface area contributed by atoms with Crippen molar-refractivity contribution in [1.29, 1.82) is 0 Å². The molecule has 5 heteroatoms. The van der Waals surface area contributed by atoms with Crippen molar-refractivity contribution >= 4 is 17.7 Å². The van der Waals surface area contributed by atoms with E-state index in [-0.39, 0.29) is 12.0 Å². The van der Waals surface area contributed by atoms with Gasteiger partial charge in [-0.05, 0) is 47.9 Å². The lowest BCUT2D eigenvalue weighted by Crippen LogP contribution is -2.46. The van der Waals surface area contributed by atoms with E-state index in [1.54, 1.807) is 23.9 Å². The van der Waals surface area contributed by atoms with Crippen LogP contribution in [0.2, 0.25) is 0 Å². The molecule has 3 aromatic carbocycles. The van der Waals surface area contributed by atoms with Gasteiger partial charge < -0.3 is 9.64 Å². The molecule has 5 nitrogen and oxygen atoms in total. The molecule has 0 N–H and O–H groups in total. The molecule has 4 rings (SSSR count). The van der Waals surface area contributed by atoms with Gasteiger partial charge >= 0.3 is 6.09 Å². The van der Waals surface area contributed by atoms with Gasteiger partial charge in [0.2, 0.25) is 0 Å². The molecule has 3 aromatic rings. The second-order valence-corrected chi connectivity index (χ2v) is 8.19. The van der Waals surface area contributed by atoms with Crippen LogP contribution in [0.3, 0.4) is 0 Å². The number of carbonyl (C=O) groups is 2. The Kier molecular flexibility index (Phi) is 5.51. The highest BCUT2D eigenvalue weighted by molar-refractivity contribution is 5.94. The highest BCUT2D eigenvalue weighted by Gasteiger charge is 2.38. The molecule has 31 heavy (non-hydrogen) atoms. The van der Waals surface area contributed by atoms with Crippen molar-refractivity contribution in [1.82, 2.24) is 4.90 Å². The average Bonchev–Trinajstić information content (AvgIpc) is 2.79. The average molecular weight is 415 g/mol. The lowest BCUT2D eigenvalue weighted by Gasteiger charge is -2.39. The summed E-state index contributed by atoms with van der Waals surface area (Å²) in [6.45, 7) is 2.54. The molecule has 1 saturated heterocycles. The summed E-state index contributed by atoms with van der Waals surface area (Å²) in [7, 11) is 3.47. The van der Waals surface area contributed by atoms with Gasteiger partial charge in [-0.15, -0.1) is 0 Å². The summed E-state index contributed by atoms with van der Waals surface area (Å²) in [4.78, 5) is 28.2. The predicted molar refractivity (Wildman–Crippen MR) is 122 cm³/mol. The van der Waals surface area contributed by atoms with Gasteiger partial charge in [0.05, 0.1) is 0 Å². The van der Waals surface area contributed by atoms with Gasteiger partial charge in [-0.2, -0.15) is 0 Å². The Morgan fingerprint density at radius 1 is 0.935 bits per heavy atom. The van der Waals surface area contributed by atoms with E-state index < -0.39 is 5.60 Å². The number of nitrogens with zero attached hydrogens (tertiary/aromatic N) is 2. The highest BCUT2D eigenvalue weighted by atomic mass is 16.6. The zero-order valence-electron chi connectivity index (χ0n) is 18.0. The maximum atomic E-state index is 12.9. The van der Waals surface area contributed by atoms with Gasteiger partial charge in [-0.3, -0.25) is 9.69 Å². The summed E-state index contributed by atoms with van der Waals surface area (Å²) in [5.74, 6) is -0.0298. The van der Waals surface area contributed by atoms with Crippen LogP contribution in [0.5, 0.6) is 0 Å². The number of ether oxygens (including phenoxy) is 1. The number of hydrogen-bond acceptors (Lipinski definition) is 3. The first-order valence-electron chi connectivity index (χ1n) is 10.4. The van der Waals surface area contributed by atoms with Crippen molar-refractivity contribution < 1.29 is 14.3 Å². The van der Waals surface area contributed by atoms with Crippen LogP contribution in [0.25, 0.3) is 11.1 Å². The fourth-order valence-corrected chi connectivity index (χ4v) is 3.86. The normalized spacial score (nSPS) is 18.4. The fourth-order valence-electron chi connectivity index (χ4n) is 3.86. The molecule has 0 radical (unpaired) electrons. The van der Waals surface area contributed by atoms with E-state index >= 15 is 0 Å². The fraction of sp³-hybridized carbons (Fsp3) is 0.231. The Hall–Kier alpha value is -3.60. The zero-order chi connectivity index (χ0) is 22.0. The molecule has 0 spiro atoms. The Balaban J connectivity index is 1.54. The SMILES string of the molecule is CN(C)C(=O)c1ccc(-c2cccc(N3CCC(C)(c4ccccc4)OC3=O)c2)cc1. The van der Waals surface area contributed by atoms with Crippen molar-refractivity contribution in [3.8, 4) is 11.1 Å². The van der Waals surface area contributed by atoms with Gasteiger partial charge in [-0.1, -0.05) is 54.6 Å². The monoisotopic (exact) mass is 414 g/mol. The van der Waals surface area contributed by atoms with Crippen LogP contribution in [0.15, 0.2) is 78.9 Å². The molecule has 1 heterocycles. The van der Waals surface area contributed by atoms with E-state index in [1.165, 1.54) is 0 Å². The standard InChI is InChI=1S/C26H26N2O3/c1-26(22-9-5-4-6-10-22)16-17-28(25(30)31-26)23-11-7-8-21(18-23)19-12-14-20(15-13-19)24(29)27(2)3/h4-15,18H,16-17H2,1-3H3. The molecule has 0 saturated carbocycles. The molecule has 0 aliphatic carbocycles. The third-order valence-electron chi connectivity index (χ3n) is 5.76. The van der Waals surface area contributed by atoms with Gasteiger partial charge in [-0.25, -0.2) is 4.79 Å². The minimum atomic E-state index is -0.624. The molecule has 1 unspecified atom stereocenters. The van der Waals surface area contributed by atoms with Crippen LogP contribution in [-0.4, -0.2) is 37.5 Å². The van der Waals surface area contributed by atoms with Gasteiger partial charge in [0.15, 0.2) is 0 Å². The van der Waals surface area contributed by atoms with Gasteiger partial charge in [0.1, 0.15) is 5.60 Å². The Morgan fingerprint density at radius 3 is 2.29 bits per heavy atom. The lowest BCUT2D eigenvalue weighted by atomic mass is 9.91. The molecule has 158 valence electrons. The molecule has 1 aliphatic heterocycles. The molecule has 1 fully saturated rings. The van der Waals surface area contributed by atoms with E-state index in [1.807, 2.05) is 85.8 Å². The number of hydrogen-bond donors (Lipinski definition) is 0. The summed E-state index contributed by atoms with van der Waals surface area (Å²) in [6, 6.07) is 25.2. The van der Waals surface area contributed by atoms with E-state index in [9.17, 15) is 9.59 Å². The number of amides is 2. The number of rotatable bonds is 4. The Labute approximate surface area is 182 Å². The maximum absolute atomic E-state index is 12.9. The van der Waals surface area contributed by atoms with Crippen molar-refractivity contribution in [2.45, 2.75) is 18.9 Å². The predicted octanol–water partition coefficient (Wildman–Crippen LogP) is 5.32. The van der Waals surface area contributed by atoms with Crippen molar-refractivity contribution in [2.24, 2.45) is 0 Å². The lowest BCUT2D eigenvalue weighted by molar-refractivity contribution is 0.00582. The molecular formula is C26H26N2O3. The zero-order valence-corrected chi connectivity index (χ0v) is 18.0. The second-order valence-electron chi connectivity index (χ2n) is 8.19. The third-order valence-corrected chi connectivity index (χ3v) is 5.76. The highest BCUT2D eigenvalue weighted by Crippen LogP contribution is 2.36. The smallest absolute Gasteiger partial charge is 0.415 e. The Bertz CT molecular complexity index is 1090. The van der Waals surface area contributed by atoms with E-state index in [2.05, 4.69) is 0 Å². The van der Waals surface area contributed by atoms with Gasteiger partial charge in [0.25, 0.3) is 5.91 Å². The molecule has 2 amide bonds. The van der Waals surface area contributed by atoms with Crippen LogP contribution in [-0.2, 0) is 10.3 Å². The van der Waals surface area contributed by atoms with Crippen LogP contribution < -0.4 is 4.90 Å². The largest absolute Gasteiger partial charge is 0.438 e. The molecule has 1 atom stereocenters. The first kappa shape index (κ1) is 20.7. The van der Waals surface area contributed by atoms with E-state index in [0.717, 1.165) is 22.4 Å². The van der Waals surface area contributed by atoms with Crippen LogP contribution in [0.1, 0.15) is 29.3 Å². The molecular weight excluding hydrogens is 388 g/mol.